The first-order valence-electron chi connectivity index (χ1n) is 8.05. The molecule has 0 heterocycles. The predicted molar refractivity (Wildman–Crippen MR) is 93.1 cm³/mol. The Bertz CT molecular complexity index is 708. The number of hydrogen-bond acceptors (Lipinski definition) is 6. The molecule has 1 atom stereocenters. The van der Waals surface area contributed by atoms with Gasteiger partial charge >= 0.3 is 5.97 Å². The zero-order valence-electron chi connectivity index (χ0n) is 15.3. The molecule has 1 aromatic carbocycles. The first kappa shape index (κ1) is 21.1. The summed E-state index contributed by atoms with van der Waals surface area (Å²) in [7, 11) is 0. The van der Waals surface area contributed by atoms with Crippen LogP contribution in [-0.4, -0.2) is 45.8 Å². The second-order valence-corrected chi connectivity index (χ2v) is 6.86. The minimum Gasteiger partial charge on any atom is -0.508 e. The molecular weight excluding hydrogens is 340 g/mol. The van der Waals surface area contributed by atoms with E-state index in [4.69, 9.17) is 10.5 Å². The number of phenols is 1. The molecule has 8 heteroatoms. The Hall–Kier alpha value is -2.90. The fourth-order valence-electron chi connectivity index (χ4n) is 2.31. The molecule has 0 saturated carbocycles. The van der Waals surface area contributed by atoms with Crippen LogP contribution in [0, 0.1) is 6.92 Å². The van der Waals surface area contributed by atoms with Gasteiger partial charge in [-0.15, -0.1) is 0 Å². The molecule has 1 aromatic rings. The minimum atomic E-state index is -1.31. The van der Waals surface area contributed by atoms with E-state index in [1.54, 1.807) is 27.7 Å². The van der Waals surface area contributed by atoms with E-state index in [9.17, 15) is 24.3 Å². The van der Waals surface area contributed by atoms with Gasteiger partial charge in [0.25, 0.3) is 5.91 Å². The van der Waals surface area contributed by atoms with Crippen molar-refractivity contribution in [2.45, 2.75) is 52.2 Å². The Morgan fingerprint density at radius 2 is 1.92 bits per heavy atom. The van der Waals surface area contributed by atoms with E-state index < -0.39 is 29.4 Å². The molecule has 3 N–H and O–H groups in total. The van der Waals surface area contributed by atoms with Gasteiger partial charge in [-0.2, -0.15) is 0 Å². The average molecular weight is 364 g/mol. The van der Waals surface area contributed by atoms with E-state index in [2.05, 4.69) is 0 Å². The number of primary amides is 1. The Morgan fingerprint density at radius 1 is 1.31 bits per heavy atom. The van der Waals surface area contributed by atoms with Crippen molar-refractivity contribution in [2.24, 2.45) is 5.73 Å². The van der Waals surface area contributed by atoms with Crippen LogP contribution in [0.25, 0.3) is 0 Å². The van der Waals surface area contributed by atoms with Crippen molar-refractivity contribution in [2.75, 3.05) is 0 Å². The summed E-state index contributed by atoms with van der Waals surface area (Å²) in [4.78, 5) is 48.3. The van der Waals surface area contributed by atoms with Crippen molar-refractivity contribution >= 4 is 24.2 Å². The fourth-order valence-corrected chi connectivity index (χ4v) is 2.31. The topological polar surface area (TPSA) is 127 Å². The van der Waals surface area contributed by atoms with E-state index in [0.29, 0.717) is 10.5 Å². The quantitative estimate of drug-likeness (QED) is 0.554. The van der Waals surface area contributed by atoms with E-state index >= 15 is 0 Å². The van der Waals surface area contributed by atoms with Crippen molar-refractivity contribution in [3.05, 3.63) is 29.3 Å². The van der Waals surface area contributed by atoms with Crippen molar-refractivity contribution < 1.29 is 29.0 Å². The molecule has 142 valence electrons. The maximum atomic E-state index is 12.6. The molecule has 0 radical (unpaired) electrons. The number of rotatable bonds is 7. The molecule has 1 unspecified atom stereocenters. The molecule has 0 fully saturated rings. The molecule has 1 rings (SSSR count). The number of ether oxygens (including phenoxy) is 1. The predicted octanol–water partition coefficient (Wildman–Crippen LogP) is 1.28. The lowest BCUT2D eigenvalue weighted by Crippen LogP contribution is -2.47. The normalized spacial score (nSPS) is 12.2. The van der Waals surface area contributed by atoms with Crippen LogP contribution in [0.4, 0.5) is 0 Å². The minimum absolute atomic E-state index is 0.0561. The third kappa shape index (κ3) is 5.87. The summed E-state index contributed by atoms with van der Waals surface area (Å²) in [6, 6.07) is 2.78. The first-order chi connectivity index (χ1) is 12.0. The molecule has 0 aliphatic rings. The highest BCUT2D eigenvalue weighted by molar-refractivity contribution is 6.04. The zero-order valence-corrected chi connectivity index (χ0v) is 15.3. The summed E-state index contributed by atoms with van der Waals surface area (Å²) in [5.41, 5.74) is 5.19. The van der Waals surface area contributed by atoms with Crippen LogP contribution in [-0.2, 0) is 19.1 Å². The maximum absolute atomic E-state index is 12.6. The molecule has 0 saturated heterocycles. The van der Waals surface area contributed by atoms with Crippen molar-refractivity contribution in [3.8, 4) is 5.75 Å². The molecular formula is C18H24N2O6. The first-order valence-corrected chi connectivity index (χ1v) is 8.05. The van der Waals surface area contributed by atoms with Gasteiger partial charge < -0.3 is 15.6 Å². The Kier molecular flexibility index (Phi) is 6.88. The second-order valence-electron chi connectivity index (χ2n) is 6.86. The van der Waals surface area contributed by atoms with Crippen LogP contribution in [0.2, 0.25) is 0 Å². The summed E-state index contributed by atoms with van der Waals surface area (Å²) >= 11 is 0. The SMILES string of the molecule is Cc1ccc(O)cc1C(=O)N(C=O)C(CCC(=O)OC(C)(C)C)C(N)=O. The van der Waals surface area contributed by atoms with Crippen LogP contribution in [0.5, 0.6) is 5.75 Å². The Labute approximate surface area is 151 Å². The molecule has 3 amide bonds. The summed E-state index contributed by atoms with van der Waals surface area (Å²) in [6.45, 7) is 6.71. The van der Waals surface area contributed by atoms with Crippen LogP contribution in [0.3, 0.4) is 0 Å². The van der Waals surface area contributed by atoms with Gasteiger partial charge in [-0.3, -0.25) is 24.1 Å². The smallest absolute Gasteiger partial charge is 0.306 e. The fraction of sp³-hybridized carbons (Fsp3) is 0.444. The number of imide groups is 1. The highest BCUT2D eigenvalue weighted by atomic mass is 16.6. The third-order valence-corrected chi connectivity index (χ3v) is 3.51. The molecule has 8 nitrogen and oxygen atoms in total. The third-order valence-electron chi connectivity index (χ3n) is 3.51. The van der Waals surface area contributed by atoms with E-state index in [1.807, 2.05) is 0 Å². The van der Waals surface area contributed by atoms with E-state index in [-0.39, 0.29) is 30.6 Å². The number of phenolic OH excluding ortho intramolecular Hbond substituents is 1. The van der Waals surface area contributed by atoms with Gasteiger partial charge in [0.05, 0.1) is 0 Å². The second kappa shape index (κ2) is 8.46. The van der Waals surface area contributed by atoms with Gasteiger partial charge in [0.15, 0.2) is 0 Å². The number of benzene rings is 1. The Morgan fingerprint density at radius 3 is 2.42 bits per heavy atom. The average Bonchev–Trinajstić information content (AvgIpc) is 2.51. The number of hydrogen-bond donors (Lipinski definition) is 2. The van der Waals surface area contributed by atoms with Gasteiger partial charge in [-0.05, 0) is 51.8 Å². The molecule has 0 bridgehead atoms. The van der Waals surface area contributed by atoms with E-state index in [0.717, 1.165) is 0 Å². The van der Waals surface area contributed by atoms with Crippen molar-refractivity contribution in [1.29, 1.82) is 0 Å². The van der Waals surface area contributed by atoms with Crippen molar-refractivity contribution in [1.82, 2.24) is 4.90 Å². The lowest BCUT2D eigenvalue weighted by molar-refractivity contribution is -0.155. The Balaban J connectivity index is 3.00. The van der Waals surface area contributed by atoms with Crippen LogP contribution in [0.1, 0.15) is 49.5 Å². The monoisotopic (exact) mass is 364 g/mol. The van der Waals surface area contributed by atoms with Crippen LogP contribution < -0.4 is 5.73 Å². The highest BCUT2D eigenvalue weighted by Gasteiger charge is 2.31. The number of aromatic hydroxyl groups is 1. The van der Waals surface area contributed by atoms with Gasteiger partial charge in [0, 0.05) is 12.0 Å². The lowest BCUT2D eigenvalue weighted by Gasteiger charge is -2.25. The van der Waals surface area contributed by atoms with Crippen LogP contribution >= 0.6 is 0 Å². The standard InChI is InChI=1S/C18H24N2O6/c1-11-5-6-12(22)9-13(11)17(25)20(10-21)14(16(19)24)7-8-15(23)26-18(2,3)4/h5-6,9-10,14,22H,7-8H2,1-4H3,(H2,19,24). The van der Waals surface area contributed by atoms with Gasteiger partial charge in [0.1, 0.15) is 17.4 Å². The van der Waals surface area contributed by atoms with Gasteiger partial charge in [0.2, 0.25) is 12.3 Å². The number of esters is 1. The summed E-state index contributed by atoms with van der Waals surface area (Å²) in [6.07, 6.45) is -0.162. The number of carbonyl (C=O) groups is 4. The molecule has 0 spiro atoms. The van der Waals surface area contributed by atoms with Gasteiger partial charge in [-0.1, -0.05) is 6.07 Å². The maximum Gasteiger partial charge on any atom is 0.306 e. The van der Waals surface area contributed by atoms with E-state index in [1.165, 1.54) is 18.2 Å². The summed E-state index contributed by atoms with van der Waals surface area (Å²) in [5, 5.41) is 9.56. The number of nitrogens with two attached hydrogens (primary N) is 1. The molecule has 26 heavy (non-hydrogen) atoms. The summed E-state index contributed by atoms with van der Waals surface area (Å²) in [5.74, 6) is -2.45. The molecule has 0 aromatic heterocycles. The number of aryl methyl sites for hydroxylation is 1. The van der Waals surface area contributed by atoms with Gasteiger partial charge in [-0.25, -0.2) is 0 Å². The number of nitrogens with zero attached hydrogens (tertiary/aromatic N) is 1. The number of amides is 3. The van der Waals surface area contributed by atoms with Crippen LogP contribution in [0.15, 0.2) is 18.2 Å². The summed E-state index contributed by atoms with van der Waals surface area (Å²) < 4.78 is 5.15. The molecule has 0 aliphatic heterocycles. The van der Waals surface area contributed by atoms with Crippen molar-refractivity contribution in [3.63, 3.8) is 0 Å². The molecule has 0 aliphatic carbocycles. The lowest BCUT2D eigenvalue weighted by atomic mass is 10.0. The highest BCUT2D eigenvalue weighted by Crippen LogP contribution is 2.20. The number of carbonyl (C=O) groups excluding carboxylic acids is 4. The zero-order chi connectivity index (χ0) is 20.1. The largest absolute Gasteiger partial charge is 0.508 e.